The van der Waals surface area contributed by atoms with Gasteiger partial charge in [0.25, 0.3) is 11.8 Å². The van der Waals surface area contributed by atoms with E-state index >= 15 is 0 Å². The monoisotopic (exact) mass is 424 g/mol. The lowest BCUT2D eigenvalue weighted by Gasteiger charge is -2.23. The van der Waals surface area contributed by atoms with Gasteiger partial charge in [0.1, 0.15) is 5.70 Å². The number of likely N-dealkylation sites (N-methyl/N-ethyl adjacent to an activating group) is 1. The van der Waals surface area contributed by atoms with Crippen LogP contribution >= 0.6 is 0 Å². The summed E-state index contributed by atoms with van der Waals surface area (Å²) in [6, 6.07) is 27.1. The van der Waals surface area contributed by atoms with Crippen LogP contribution in [0.25, 0.3) is 5.57 Å². The second-order valence-corrected chi connectivity index (χ2v) is 9.17. The molecule has 0 aromatic heterocycles. The molecule has 0 N–H and O–H groups in total. The summed E-state index contributed by atoms with van der Waals surface area (Å²) in [5.74, 6) is -0.588. The number of nitrogens with zero attached hydrogens (tertiary/aromatic N) is 2. The number of hydrogen-bond acceptors (Lipinski definition) is 3. The minimum absolute atomic E-state index is 0.00787. The van der Waals surface area contributed by atoms with E-state index in [9.17, 15) is 9.59 Å². The Morgan fingerprint density at radius 1 is 0.750 bits per heavy atom. The highest BCUT2D eigenvalue weighted by Gasteiger charge is 2.41. The molecule has 1 heterocycles. The number of hydrogen-bond donors (Lipinski definition) is 0. The van der Waals surface area contributed by atoms with Gasteiger partial charge in [0.05, 0.1) is 11.3 Å². The molecule has 0 unspecified atom stereocenters. The van der Waals surface area contributed by atoms with Gasteiger partial charge in [-0.25, -0.2) is 4.90 Å². The molecule has 0 spiro atoms. The fraction of sp³-hybridized carbons (Fsp3) is 0.214. The predicted molar refractivity (Wildman–Crippen MR) is 129 cm³/mol. The van der Waals surface area contributed by atoms with Crippen LogP contribution in [-0.2, 0) is 21.5 Å². The molecule has 0 bridgehead atoms. The van der Waals surface area contributed by atoms with Crippen LogP contribution in [0.1, 0.15) is 37.5 Å². The van der Waals surface area contributed by atoms with Gasteiger partial charge in [-0.15, -0.1) is 0 Å². The Balaban J connectivity index is 1.75. The van der Waals surface area contributed by atoms with Crippen LogP contribution in [0.3, 0.4) is 0 Å². The highest BCUT2D eigenvalue weighted by atomic mass is 16.2. The van der Waals surface area contributed by atoms with E-state index in [1.54, 1.807) is 0 Å². The molecule has 4 rings (SSSR count). The Kier molecular flexibility index (Phi) is 5.70. The summed E-state index contributed by atoms with van der Waals surface area (Å²) in [7, 11) is 1.86. The van der Waals surface area contributed by atoms with Gasteiger partial charge in [-0.2, -0.15) is 0 Å². The van der Waals surface area contributed by atoms with E-state index in [1.165, 1.54) is 4.90 Å². The van der Waals surface area contributed by atoms with Crippen molar-refractivity contribution < 1.29 is 9.59 Å². The van der Waals surface area contributed by atoms with Crippen molar-refractivity contribution in [2.75, 3.05) is 11.9 Å². The van der Waals surface area contributed by atoms with Crippen molar-refractivity contribution in [2.24, 2.45) is 0 Å². The summed E-state index contributed by atoms with van der Waals surface area (Å²) in [5.41, 5.74) is 4.41. The van der Waals surface area contributed by atoms with Crippen LogP contribution in [0, 0.1) is 0 Å². The van der Waals surface area contributed by atoms with E-state index in [-0.39, 0.29) is 17.2 Å². The van der Waals surface area contributed by atoms with E-state index < -0.39 is 0 Å². The number of anilines is 1. The first-order chi connectivity index (χ1) is 15.3. The van der Waals surface area contributed by atoms with Gasteiger partial charge in [-0.1, -0.05) is 93.6 Å². The average Bonchev–Trinajstić information content (AvgIpc) is 3.04. The minimum atomic E-state index is -0.296. The van der Waals surface area contributed by atoms with Crippen LogP contribution in [0.2, 0.25) is 0 Å². The van der Waals surface area contributed by atoms with Gasteiger partial charge in [-0.05, 0) is 34.2 Å². The predicted octanol–water partition coefficient (Wildman–Crippen LogP) is 5.40. The van der Waals surface area contributed by atoms with E-state index in [1.807, 2.05) is 96.9 Å². The molecule has 0 radical (unpaired) electrons. The molecule has 4 heteroatoms. The van der Waals surface area contributed by atoms with Crippen LogP contribution in [0.4, 0.5) is 5.69 Å². The van der Waals surface area contributed by atoms with Crippen LogP contribution in [0.5, 0.6) is 0 Å². The maximum Gasteiger partial charge on any atom is 0.282 e. The second kappa shape index (κ2) is 8.46. The zero-order valence-corrected chi connectivity index (χ0v) is 19.0. The van der Waals surface area contributed by atoms with Gasteiger partial charge in [-0.3, -0.25) is 9.59 Å². The van der Waals surface area contributed by atoms with E-state index in [0.29, 0.717) is 23.5 Å². The fourth-order valence-electron chi connectivity index (χ4n) is 4.02. The fourth-order valence-corrected chi connectivity index (χ4v) is 4.02. The van der Waals surface area contributed by atoms with Gasteiger partial charge in [0.2, 0.25) is 0 Å². The topological polar surface area (TPSA) is 40.6 Å². The molecule has 32 heavy (non-hydrogen) atoms. The third-order valence-corrected chi connectivity index (χ3v) is 5.76. The summed E-state index contributed by atoms with van der Waals surface area (Å²) in [6.07, 6.45) is 0. The molecule has 0 aliphatic carbocycles. The molecule has 4 nitrogen and oxygen atoms in total. The third kappa shape index (κ3) is 4.09. The Labute approximate surface area is 189 Å². The first-order valence-electron chi connectivity index (χ1n) is 10.8. The van der Waals surface area contributed by atoms with Gasteiger partial charge in [0, 0.05) is 13.6 Å². The SMILES string of the molecule is CN(Cc1ccccc1)C1=C(c2ccccc2)C(=O)N(c2ccc(C(C)(C)C)cc2)C1=O. The maximum absolute atomic E-state index is 13.6. The molecule has 3 aromatic rings. The average molecular weight is 425 g/mol. The molecule has 1 aliphatic heterocycles. The lowest BCUT2D eigenvalue weighted by Crippen LogP contribution is -2.34. The molecule has 0 saturated heterocycles. The molecule has 2 amide bonds. The van der Waals surface area contributed by atoms with E-state index in [2.05, 4.69) is 20.8 Å². The van der Waals surface area contributed by atoms with Gasteiger partial charge >= 0.3 is 0 Å². The van der Waals surface area contributed by atoms with Crippen molar-refractivity contribution in [2.45, 2.75) is 32.7 Å². The van der Waals surface area contributed by atoms with E-state index in [0.717, 1.165) is 16.7 Å². The summed E-state index contributed by atoms with van der Waals surface area (Å²) in [6.45, 7) is 6.95. The summed E-state index contributed by atoms with van der Waals surface area (Å²) in [4.78, 5) is 30.4. The largest absolute Gasteiger partial charge is 0.365 e. The smallest absolute Gasteiger partial charge is 0.282 e. The Hall–Kier alpha value is -3.66. The molecule has 0 atom stereocenters. The third-order valence-electron chi connectivity index (χ3n) is 5.76. The second-order valence-electron chi connectivity index (χ2n) is 9.17. The highest BCUT2D eigenvalue weighted by molar-refractivity contribution is 6.45. The van der Waals surface area contributed by atoms with Gasteiger partial charge in [0.15, 0.2) is 0 Å². The van der Waals surface area contributed by atoms with Crippen molar-refractivity contribution in [3.05, 3.63) is 107 Å². The normalized spacial score (nSPS) is 14.3. The standard InChI is InChI=1S/C28H28N2O2/c1-28(2,3)22-15-17-23(18-16-22)30-26(31)24(21-13-9-6-10-14-21)25(27(30)32)29(4)19-20-11-7-5-8-12-20/h5-18H,19H2,1-4H3. The minimum Gasteiger partial charge on any atom is -0.365 e. The molecule has 162 valence electrons. The van der Waals surface area contributed by atoms with Gasteiger partial charge < -0.3 is 4.90 Å². The molecule has 1 aliphatic rings. The Morgan fingerprint density at radius 2 is 1.31 bits per heavy atom. The maximum atomic E-state index is 13.6. The molecule has 0 saturated carbocycles. The summed E-state index contributed by atoms with van der Waals surface area (Å²) in [5, 5.41) is 0. The first kappa shape index (κ1) is 21.6. The Morgan fingerprint density at radius 3 is 1.88 bits per heavy atom. The zero-order valence-electron chi connectivity index (χ0n) is 19.0. The van der Waals surface area contributed by atoms with Crippen molar-refractivity contribution >= 4 is 23.1 Å². The molecular formula is C28H28N2O2. The van der Waals surface area contributed by atoms with Crippen LogP contribution in [0.15, 0.2) is 90.6 Å². The number of rotatable bonds is 5. The first-order valence-corrected chi connectivity index (χ1v) is 10.8. The quantitative estimate of drug-likeness (QED) is 0.515. The number of imide groups is 1. The molecular weight excluding hydrogens is 396 g/mol. The van der Waals surface area contributed by atoms with Crippen molar-refractivity contribution in [3.63, 3.8) is 0 Å². The van der Waals surface area contributed by atoms with Crippen LogP contribution in [-0.4, -0.2) is 23.8 Å². The van der Waals surface area contributed by atoms with E-state index in [4.69, 9.17) is 0 Å². The highest BCUT2D eigenvalue weighted by Crippen LogP contribution is 2.35. The number of amides is 2. The Bertz CT molecular complexity index is 1160. The van der Waals surface area contributed by atoms with Crippen molar-refractivity contribution in [1.82, 2.24) is 4.90 Å². The van der Waals surface area contributed by atoms with Crippen molar-refractivity contribution in [3.8, 4) is 0 Å². The summed E-state index contributed by atoms with van der Waals surface area (Å²) >= 11 is 0. The summed E-state index contributed by atoms with van der Waals surface area (Å²) < 4.78 is 0. The van der Waals surface area contributed by atoms with Crippen molar-refractivity contribution in [1.29, 1.82) is 0 Å². The zero-order chi connectivity index (χ0) is 22.9. The number of carbonyl (C=O) groups excluding carboxylic acids is 2. The number of benzene rings is 3. The molecule has 0 fully saturated rings. The molecule has 3 aromatic carbocycles. The lowest BCUT2D eigenvalue weighted by atomic mass is 9.87. The lowest BCUT2D eigenvalue weighted by molar-refractivity contribution is -0.120. The van der Waals surface area contributed by atoms with Crippen LogP contribution < -0.4 is 4.90 Å². The number of carbonyl (C=O) groups is 2.